The van der Waals surface area contributed by atoms with Crippen molar-refractivity contribution in [2.75, 3.05) is 5.32 Å². The van der Waals surface area contributed by atoms with Gasteiger partial charge < -0.3 is 10.3 Å². The number of halogens is 1. The maximum Gasteiger partial charge on any atom is 0.221 e. The van der Waals surface area contributed by atoms with E-state index in [4.69, 9.17) is 11.6 Å². The molecule has 3 aromatic rings. The number of aromatic amines is 1. The molecule has 0 unspecified atom stereocenters. The first kappa shape index (κ1) is 14.3. The van der Waals surface area contributed by atoms with Crippen molar-refractivity contribution >= 4 is 39.9 Å². The van der Waals surface area contributed by atoms with E-state index in [0.29, 0.717) is 27.5 Å². The van der Waals surface area contributed by atoms with Gasteiger partial charge in [0.2, 0.25) is 11.7 Å². The van der Waals surface area contributed by atoms with Crippen LogP contribution in [0.1, 0.15) is 23.0 Å². The van der Waals surface area contributed by atoms with E-state index in [2.05, 4.69) is 15.3 Å². The number of nitrogens with one attached hydrogen (secondary N) is 2. The molecule has 3 rings (SSSR count). The van der Waals surface area contributed by atoms with Crippen LogP contribution in [0.2, 0.25) is 5.02 Å². The molecule has 0 aliphatic rings. The minimum Gasteiger partial charge on any atom is -0.350 e. The van der Waals surface area contributed by atoms with Crippen LogP contribution in [0.15, 0.2) is 42.7 Å². The lowest BCUT2D eigenvalue weighted by Crippen LogP contribution is -2.11. The van der Waals surface area contributed by atoms with Crippen LogP contribution in [0.4, 0.5) is 5.69 Å². The Balaban J connectivity index is 2.19. The molecule has 0 spiro atoms. The zero-order valence-electron chi connectivity index (χ0n) is 11.7. The van der Waals surface area contributed by atoms with E-state index < -0.39 is 0 Å². The Morgan fingerprint density at radius 1 is 1.18 bits per heavy atom. The standard InChI is InChI=1S/C16H12ClN3O2/c1-9(21)19-14-12-3-2-11(17)8-13(12)20-15(14)16(22)10-4-6-18-7-5-10/h2-8,20H,1H3,(H,19,21). The van der Waals surface area contributed by atoms with Crippen LogP contribution >= 0.6 is 11.6 Å². The number of amides is 1. The lowest BCUT2D eigenvalue weighted by Gasteiger charge is -2.04. The summed E-state index contributed by atoms with van der Waals surface area (Å²) < 4.78 is 0. The number of aromatic nitrogens is 2. The molecule has 1 amide bonds. The number of benzene rings is 1. The number of fused-ring (bicyclic) bond motifs is 1. The van der Waals surface area contributed by atoms with E-state index >= 15 is 0 Å². The Morgan fingerprint density at radius 2 is 1.91 bits per heavy atom. The van der Waals surface area contributed by atoms with Gasteiger partial charge in [0, 0.05) is 40.8 Å². The van der Waals surface area contributed by atoms with Crippen molar-refractivity contribution in [2.24, 2.45) is 0 Å². The predicted molar refractivity (Wildman–Crippen MR) is 85.3 cm³/mol. The molecule has 5 nitrogen and oxygen atoms in total. The quantitative estimate of drug-likeness (QED) is 0.728. The fourth-order valence-electron chi connectivity index (χ4n) is 2.29. The number of nitrogens with zero attached hydrogens (tertiary/aromatic N) is 1. The molecule has 22 heavy (non-hydrogen) atoms. The molecule has 0 saturated heterocycles. The second-order valence-electron chi connectivity index (χ2n) is 4.81. The zero-order chi connectivity index (χ0) is 15.7. The van der Waals surface area contributed by atoms with E-state index in [1.165, 1.54) is 6.92 Å². The lowest BCUT2D eigenvalue weighted by molar-refractivity contribution is -0.114. The van der Waals surface area contributed by atoms with E-state index in [0.717, 1.165) is 5.39 Å². The van der Waals surface area contributed by atoms with Crippen LogP contribution in [-0.2, 0) is 4.79 Å². The Morgan fingerprint density at radius 3 is 2.59 bits per heavy atom. The SMILES string of the molecule is CC(=O)Nc1c(C(=O)c2ccncc2)[nH]c2cc(Cl)ccc12. The third-order valence-electron chi connectivity index (χ3n) is 3.23. The normalized spacial score (nSPS) is 10.6. The minimum atomic E-state index is -0.250. The second kappa shape index (κ2) is 5.61. The van der Waals surface area contributed by atoms with Gasteiger partial charge in [0.05, 0.1) is 5.69 Å². The van der Waals surface area contributed by atoms with Crippen molar-refractivity contribution in [3.63, 3.8) is 0 Å². The van der Waals surface area contributed by atoms with Crippen LogP contribution in [0, 0.1) is 0 Å². The van der Waals surface area contributed by atoms with Crippen molar-refractivity contribution in [3.8, 4) is 0 Å². The molecular formula is C16H12ClN3O2. The Hall–Kier alpha value is -2.66. The summed E-state index contributed by atoms with van der Waals surface area (Å²) >= 11 is 5.98. The minimum absolute atomic E-state index is 0.224. The van der Waals surface area contributed by atoms with Gasteiger partial charge in [-0.15, -0.1) is 0 Å². The maximum absolute atomic E-state index is 12.7. The molecule has 0 bridgehead atoms. The van der Waals surface area contributed by atoms with Crippen molar-refractivity contribution in [2.45, 2.75) is 6.92 Å². The number of H-pyrrole nitrogens is 1. The third-order valence-corrected chi connectivity index (χ3v) is 3.47. The molecule has 110 valence electrons. The summed E-state index contributed by atoms with van der Waals surface area (Å²) in [5.74, 6) is -0.474. The molecule has 0 saturated carbocycles. The second-order valence-corrected chi connectivity index (χ2v) is 5.25. The Kier molecular flexibility index (Phi) is 3.65. The van der Waals surface area contributed by atoms with Crippen LogP contribution < -0.4 is 5.32 Å². The van der Waals surface area contributed by atoms with Gasteiger partial charge in [0.25, 0.3) is 0 Å². The smallest absolute Gasteiger partial charge is 0.221 e. The summed E-state index contributed by atoms with van der Waals surface area (Å²) in [6, 6.07) is 8.44. The number of hydrogen-bond acceptors (Lipinski definition) is 3. The van der Waals surface area contributed by atoms with Gasteiger partial charge in [-0.1, -0.05) is 11.6 Å². The lowest BCUT2D eigenvalue weighted by atomic mass is 10.1. The molecular weight excluding hydrogens is 302 g/mol. The number of anilines is 1. The first-order valence-corrected chi connectivity index (χ1v) is 6.97. The molecule has 2 heterocycles. The third kappa shape index (κ3) is 2.58. The van der Waals surface area contributed by atoms with Crippen LogP contribution in [0.3, 0.4) is 0 Å². The number of pyridine rings is 1. The van der Waals surface area contributed by atoms with Gasteiger partial charge in [0.1, 0.15) is 5.69 Å². The van der Waals surface area contributed by atoms with Gasteiger partial charge in [-0.05, 0) is 30.3 Å². The molecule has 2 aromatic heterocycles. The molecule has 2 N–H and O–H groups in total. The van der Waals surface area contributed by atoms with E-state index in [9.17, 15) is 9.59 Å². The van der Waals surface area contributed by atoms with Gasteiger partial charge in [-0.3, -0.25) is 14.6 Å². The van der Waals surface area contributed by atoms with Crippen molar-refractivity contribution in [3.05, 3.63) is 59.0 Å². The first-order chi connectivity index (χ1) is 10.6. The van der Waals surface area contributed by atoms with E-state index in [1.54, 1.807) is 42.7 Å². The monoisotopic (exact) mass is 313 g/mol. The number of hydrogen-bond donors (Lipinski definition) is 2. The van der Waals surface area contributed by atoms with E-state index in [1.807, 2.05) is 0 Å². The number of carbonyl (C=O) groups excluding carboxylic acids is 2. The van der Waals surface area contributed by atoms with Gasteiger partial charge >= 0.3 is 0 Å². The molecule has 6 heteroatoms. The molecule has 0 radical (unpaired) electrons. The predicted octanol–water partition coefficient (Wildman–Crippen LogP) is 3.41. The summed E-state index contributed by atoms with van der Waals surface area (Å²) in [5, 5.41) is 4.00. The number of rotatable bonds is 3. The summed E-state index contributed by atoms with van der Waals surface area (Å²) in [6.45, 7) is 1.40. The first-order valence-electron chi connectivity index (χ1n) is 6.60. The Labute approximate surface area is 131 Å². The number of carbonyl (C=O) groups is 2. The largest absolute Gasteiger partial charge is 0.350 e. The van der Waals surface area contributed by atoms with Gasteiger partial charge in [-0.2, -0.15) is 0 Å². The average Bonchev–Trinajstić information content (AvgIpc) is 2.84. The molecule has 1 aromatic carbocycles. The van der Waals surface area contributed by atoms with Crippen LogP contribution in [0.5, 0.6) is 0 Å². The topological polar surface area (TPSA) is 74.8 Å². The van der Waals surface area contributed by atoms with Crippen molar-refractivity contribution in [1.82, 2.24) is 9.97 Å². The fourth-order valence-corrected chi connectivity index (χ4v) is 2.47. The van der Waals surface area contributed by atoms with Crippen molar-refractivity contribution in [1.29, 1.82) is 0 Å². The highest BCUT2D eigenvalue weighted by molar-refractivity contribution is 6.31. The van der Waals surface area contributed by atoms with E-state index in [-0.39, 0.29) is 11.7 Å². The van der Waals surface area contributed by atoms with Gasteiger partial charge in [-0.25, -0.2) is 0 Å². The maximum atomic E-state index is 12.7. The van der Waals surface area contributed by atoms with Crippen LogP contribution in [-0.4, -0.2) is 21.7 Å². The van der Waals surface area contributed by atoms with Gasteiger partial charge in [0.15, 0.2) is 0 Å². The summed E-state index contributed by atoms with van der Waals surface area (Å²) in [5.41, 5.74) is 1.95. The van der Waals surface area contributed by atoms with Crippen LogP contribution in [0.25, 0.3) is 10.9 Å². The number of ketones is 1. The highest BCUT2D eigenvalue weighted by atomic mass is 35.5. The molecule has 0 atom stereocenters. The fraction of sp³-hybridized carbons (Fsp3) is 0.0625. The summed E-state index contributed by atoms with van der Waals surface area (Å²) in [4.78, 5) is 31.1. The summed E-state index contributed by atoms with van der Waals surface area (Å²) in [7, 11) is 0. The highest BCUT2D eigenvalue weighted by Gasteiger charge is 2.20. The highest BCUT2D eigenvalue weighted by Crippen LogP contribution is 2.31. The summed E-state index contributed by atoms with van der Waals surface area (Å²) in [6.07, 6.45) is 3.09. The molecule has 0 aliphatic heterocycles. The average molecular weight is 314 g/mol. The molecule has 0 fully saturated rings. The Bertz CT molecular complexity index is 872. The van der Waals surface area contributed by atoms with Crippen molar-refractivity contribution < 1.29 is 9.59 Å². The molecule has 0 aliphatic carbocycles. The zero-order valence-corrected chi connectivity index (χ0v) is 12.4.